The van der Waals surface area contributed by atoms with E-state index in [0.29, 0.717) is 5.82 Å². The van der Waals surface area contributed by atoms with Gasteiger partial charge in [-0.25, -0.2) is 15.8 Å². The second-order valence-corrected chi connectivity index (χ2v) is 5.30. The fraction of sp³-hybridized carbons (Fsp3) is 0.375. The highest BCUT2D eigenvalue weighted by molar-refractivity contribution is 5.66. The van der Waals surface area contributed by atoms with Crippen molar-refractivity contribution in [1.82, 2.24) is 9.97 Å². The van der Waals surface area contributed by atoms with Crippen LogP contribution in [0.5, 0.6) is 0 Å². The number of hydrogen-bond donors (Lipinski definition) is 3. The fourth-order valence-corrected chi connectivity index (χ4v) is 2.24. The van der Waals surface area contributed by atoms with Crippen molar-refractivity contribution < 1.29 is 0 Å². The van der Waals surface area contributed by atoms with Crippen molar-refractivity contribution >= 4 is 17.3 Å². The Kier molecular flexibility index (Phi) is 4.75. The maximum absolute atomic E-state index is 5.56. The maximum Gasteiger partial charge on any atom is 0.148 e. The molecule has 2 rings (SSSR count). The Hall–Kier alpha value is -2.14. The topological polar surface area (TPSA) is 75.9 Å². The SMILES string of the molecule is CCCc1nc(NN)c(C)c(Nc2ccc(C)cc2C)n1. The zero-order valence-corrected chi connectivity index (χ0v) is 13.1. The molecule has 0 bridgehead atoms. The van der Waals surface area contributed by atoms with Gasteiger partial charge in [-0.05, 0) is 38.8 Å². The molecular weight excluding hydrogens is 262 g/mol. The molecule has 2 aromatic rings. The number of hydrazine groups is 1. The van der Waals surface area contributed by atoms with Gasteiger partial charge in [-0.1, -0.05) is 24.6 Å². The average Bonchev–Trinajstić information content (AvgIpc) is 2.45. The molecule has 0 saturated carbocycles. The number of anilines is 3. The predicted octanol–water partition coefficient (Wildman–Crippen LogP) is 3.38. The number of rotatable bonds is 5. The standard InChI is InChI=1S/C16H23N5/c1-5-6-14-19-15(12(4)16(20-14)21-17)18-13-8-7-10(2)9-11(13)3/h7-9H,5-6,17H2,1-4H3,(H2,18,19,20,21). The van der Waals surface area contributed by atoms with E-state index in [1.807, 2.05) is 6.92 Å². The van der Waals surface area contributed by atoms with Crippen molar-refractivity contribution in [2.24, 2.45) is 5.84 Å². The first kappa shape index (κ1) is 15.3. The summed E-state index contributed by atoms with van der Waals surface area (Å²) in [6.07, 6.45) is 1.83. The second-order valence-electron chi connectivity index (χ2n) is 5.30. The molecule has 0 amide bonds. The van der Waals surface area contributed by atoms with E-state index in [0.717, 1.165) is 35.7 Å². The summed E-state index contributed by atoms with van der Waals surface area (Å²) in [5.74, 6) is 7.82. The van der Waals surface area contributed by atoms with Crippen LogP contribution >= 0.6 is 0 Å². The Labute approximate surface area is 126 Å². The fourth-order valence-electron chi connectivity index (χ4n) is 2.24. The Morgan fingerprint density at radius 2 is 1.81 bits per heavy atom. The van der Waals surface area contributed by atoms with Crippen LogP contribution in [0.2, 0.25) is 0 Å². The number of hydrogen-bond acceptors (Lipinski definition) is 5. The summed E-state index contributed by atoms with van der Waals surface area (Å²) in [7, 11) is 0. The number of aromatic nitrogens is 2. The summed E-state index contributed by atoms with van der Waals surface area (Å²) >= 11 is 0. The van der Waals surface area contributed by atoms with Gasteiger partial charge in [-0.2, -0.15) is 0 Å². The molecular formula is C16H23N5. The van der Waals surface area contributed by atoms with E-state index >= 15 is 0 Å². The van der Waals surface area contributed by atoms with Gasteiger partial charge < -0.3 is 10.7 Å². The highest BCUT2D eigenvalue weighted by Crippen LogP contribution is 2.25. The van der Waals surface area contributed by atoms with Crippen LogP contribution in [0.25, 0.3) is 0 Å². The lowest BCUT2D eigenvalue weighted by Gasteiger charge is -2.15. The predicted molar refractivity (Wildman–Crippen MR) is 87.8 cm³/mol. The molecule has 112 valence electrons. The second kappa shape index (κ2) is 6.54. The van der Waals surface area contributed by atoms with Crippen LogP contribution in [0.4, 0.5) is 17.3 Å². The van der Waals surface area contributed by atoms with E-state index in [1.165, 1.54) is 11.1 Å². The molecule has 0 spiro atoms. The van der Waals surface area contributed by atoms with Crippen LogP contribution in [0, 0.1) is 20.8 Å². The number of benzene rings is 1. The molecule has 0 aliphatic rings. The summed E-state index contributed by atoms with van der Waals surface area (Å²) in [6, 6.07) is 6.30. The number of nitrogens with one attached hydrogen (secondary N) is 2. The molecule has 4 N–H and O–H groups in total. The normalized spacial score (nSPS) is 10.5. The van der Waals surface area contributed by atoms with E-state index in [-0.39, 0.29) is 0 Å². The van der Waals surface area contributed by atoms with Crippen LogP contribution in [0.3, 0.4) is 0 Å². The van der Waals surface area contributed by atoms with E-state index in [9.17, 15) is 0 Å². The van der Waals surface area contributed by atoms with Crippen molar-refractivity contribution in [1.29, 1.82) is 0 Å². The first-order valence-corrected chi connectivity index (χ1v) is 7.23. The lowest BCUT2D eigenvalue weighted by atomic mass is 10.1. The van der Waals surface area contributed by atoms with Gasteiger partial charge in [0.15, 0.2) is 0 Å². The van der Waals surface area contributed by atoms with Crippen LogP contribution in [0.1, 0.15) is 35.9 Å². The maximum atomic E-state index is 5.56. The molecule has 5 heteroatoms. The highest BCUT2D eigenvalue weighted by atomic mass is 15.3. The minimum absolute atomic E-state index is 0.667. The van der Waals surface area contributed by atoms with Gasteiger partial charge in [0.25, 0.3) is 0 Å². The summed E-state index contributed by atoms with van der Waals surface area (Å²) in [6.45, 7) is 8.23. The third-order valence-corrected chi connectivity index (χ3v) is 3.44. The van der Waals surface area contributed by atoms with Gasteiger partial charge in [-0.15, -0.1) is 0 Å². The third kappa shape index (κ3) is 3.49. The van der Waals surface area contributed by atoms with E-state index in [1.54, 1.807) is 0 Å². The Morgan fingerprint density at radius 3 is 2.43 bits per heavy atom. The number of nitrogen functional groups attached to an aromatic ring is 1. The lowest BCUT2D eigenvalue weighted by Crippen LogP contribution is -2.14. The van der Waals surface area contributed by atoms with Crippen molar-refractivity contribution in [3.8, 4) is 0 Å². The molecule has 0 aliphatic carbocycles. The van der Waals surface area contributed by atoms with Crippen LogP contribution in [-0.2, 0) is 6.42 Å². The van der Waals surface area contributed by atoms with Crippen molar-refractivity contribution in [3.05, 3.63) is 40.7 Å². The minimum Gasteiger partial charge on any atom is -0.340 e. The molecule has 0 unspecified atom stereocenters. The van der Waals surface area contributed by atoms with Gasteiger partial charge in [0.05, 0.1) is 0 Å². The molecule has 1 aromatic heterocycles. The summed E-state index contributed by atoms with van der Waals surface area (Å²) < 4.78 is 0. The molecule has 0 saturated heterocycles. The van der Waals surface area contributed by atoms with E-state index < -0.39 is 0 Å². The molecule has 21 heavy (non-hydrogen) atoms. The quantitative estimate of drug-likeness (QED) is 0.580. The number of aryl methyl sites for hydroxylation is 3. The zero-order chi connectivity index (χ0) is 15.4. The van der Waals surface area contributed by atoms with Gasteiger partial charge in [0.2, 0.25) is 0 Å². The summed E-state index contributed by atoms with van der Waals surface area (Å²) in [4.78, 5) is 9.04. The van der Waals surface area contributed by atoms with E-state index in [2.05, 4.69) is 59.7 Å². The van der Waals surface area contributed by atoms with Crippen LogP contribution in [0.15, 0.2) is 18.2 Å². The molecule has 0 fully saturated rings. The van der Waals surface area contributed by atoms with Gasteiger partial charge >= 0.3 is 0 Å². The molecule has 1 aromatic carbocycles. The Morgan fingerprint density at radius 1 is 1.10 bits per heavy atom. The molecule has 0 atom stereocenters. The number of nitrogens with two attached hydrogens (primary N) is 1. The smallest absolute Gasteiger partial charge is 0.148 e. The largest absolute Gasteiger partial charge is 0.340 e. The summed E-state index contributed by atoms with van der Waals surface area (Å²) in [5.41, 5.74) is 7.05. The van der Waals surface area contributed by atoms with Crippen molar-refractivity contribution in [2.45, 2.75) is 40.5 Å². The Balaban J connectivity index is 2.40. The molecule has 5 nitrogen and oxygen atoms in total. The molecule has 0 radical (unpaired) electrons. The molecule has 0 aliphatic heterocycles. The molecule has 1 heterocycles. The first-order valence-electron chi connectivity index (χ1n) is 7.23. The Bertz CT molecular complexity index is 637. The van der Waals surface area contributed by atoms with Crippen molar-refractivity contribution in [3.63, 3.8) is 0 Å². The van der Waals surface area contributed by atoms with Crippen LogP contribution < -0.4 is 16.6 Å². The minimum atomic E-state index is 0.667. The monoisotopic (exact) mass is 285 g/mol. The van der Waals surface area contributed by atoms with Gasteiger partial charge in [0.1, 0.15) is 17.5 Å². The lowest BCUT2D eigenvalue weighted by molar-refractivity contribution is 0.833. The highest BCUT2D eigenvalue weighted by Gasteiger charge is 2.11. The van der Waals surface area contributed by atoms with E-state index in [4.69, 9.17) is 5.84 Å². The number of nitrogens with zero attached hydrogens (tertiary/aromatic N) is 2. The summed E-state index contributed by atoms with van der Waals surface area (Å²) in [5, 5.41) is 3.39. The third-order valence-electron chi connectivity index (χ3n) is 3.44. The average molecular weight is 285 g/mol. The van der Waals surface area contributed by atoms with Gasteiger partial charge in [-0.3, -0.25) is 0 Å². The van der Waals surface area contributed by atoms with Crippen molar-refractivity contribution in [2.75, 3.05) is 10.7 Å². The first-order chi connectivity index (χ1) is 10.0. The van der Waals surface area contributed by atoms with Gasteiger partial charge in [0, 0.05) is 17.7 Å². The zero-order valence-electron chi connectivity index (χ0n) is 13.1. The van der Waals surface area contributed by atoms with Crippen LogP contribution in [-0.4, -0.2) is 9.97 Å².